The van der Waals surface area contributed by atoms with E-state index in [1.165, 1.54) is 6.07 Å². The molecule has 0 atom stereocenters. The molecular formula is C10H8BrClFN3. The Morgan fingerprint density at radius 3 is 3.00 bits per heavy atom. The van der Waals surface area contributed by atoms with E-state index in [2.05, 4.69) is 21.2 Å². The molecule has 1 aliphatic heterocycles. The zero-order valence-electron chi connectivity index (χ0n) is 8.25. The lowest BCUT2D eigenvalue weighted by atomic mass is 10.2. The van der Waals surface area contributed by atoms with Crippen molar-refractivity contribution >= 4 is 44.5 Å². The maximum Gasteiger partial charge on any atom is 0.144 e. The number of halogens is 3. The molecule has 1 aliphatic rings. The van der Waals surface area contributed by atoms with E-state index < -0.39 is 5.82 Å². The molecule has 0 aliphatic carbocycles. The van der Waals surface area contributed by atoms with Gasteiger partial charge in [0.15, 0.2) is 0 Å². The molecule has 2 heterocycles. The van der Waals surface area contributed by atoms with Gasteiger partial charge >= 0.3 is 0 Å². The van der Waals surface area contributed by atoms with Gasteiger partial charge < -0.3 is 0 Å². The molecule has 2 aromatic rings. The number of aryl methyl sites for hydroxylation is 1. The van der Waals surface area contributed by atoms with E-state index in [1.54, 1.807) is 6.07 Å². The van der Waals surface area contributed by atoms with Gasteiger partial charge in [0.2, 0.25) is 0 Å². The third-order valence-corrected chi connectivity index (χ3v) is 3.69. The number of anilines is 1. The van der Waals surface area contributed by atoms with Crippen molar-refractivity contribution in [1.82, 2.24) is 9.78 Å². The first-order chi connectivity index (χ1) is 7.66. The Morgan fingerprint density at radius 2 is 2.19 bits per heavy atom. The Labute approximate surface area is 105 Å². The van der Waals surface area contributed by atoms with E-state index in [0.29, 0.717) is 0 Å². The first-order valence-corrected chi connectivity index (χ1v) is 6.04. The maximum atomic E-state index is 13.4. The third kappa shape index (κ3) is 1.42. The maximum absolute atomic E-state index is 13.4. The standard InChI is InChI=1S/C10H8BrClFN3/c11-15-2-1-3-16-10(15)6-4-8(13)7(12)5-9(6)14-16/h4-5H,1-3H2. The summed E-state index contributed by atoms with van der Waals surface area (Å²) in [5.74, 6) is 0.494. The molecule has 0 unspecified atom stereocenters. The lowest BCUT2D eigenvalue weighted by Crippen LogP contribution is -2.23. The predicted octanol–water partition coefficient (Wildman–Crippen LogP) is 3.35. The molecule has 0 radical (unpaired) electrons. The summed E-state index contributed by atoms with van der Waals surface area (Å²) in [7, 11) is 0. The largest absolute Gasteiger partial charge is 0.293 e. The summed E-state index contributed by atoms with van der Waals surface area (Å²) in [6.07, 6.45) is 1.02. The fourth-order valence-electron chi connectivity index (χ4n) is 1.99. The van der Waals surface area contributed by atoms with Gasteiger partial charge in [0.05, 0.1) is 26.7 Å². The summed E-state index contributed by atoms with van der Waals surface area (Å²) in [4.78, 5) is 0. The Kier molecular flexibility index (Phi) is 2.33. The second-order valence-corrected chi connectivity index (χ2v) is 5.03. The normalized spacial score (nSPS) is 15.6. The van der Waals surface area contributed by atoms with Crippen molar-refractivity contribution in [3.05, 3.63) is 23.0 Å². The number of aromatic nitrogens is 2. The van der Waals surface area contributed by atoms with Crippen LogP contribution in [0.25, 0.3) is 10.9 Å². The topological polar surface area (TPSA) is 21.1 Å². The van der Waals surface area contributed by atoms with Crippen molar-refractivity contribution in [2.24, 2.45) is 0 Å². The molecule has 16 heavy (non-hydrogen) atoms. The summed E-state index contributed by atoms with van der Waals surface area (Å²) in [6.45, 7) is 1.75. The Balaban J connectivity index is 2.34. The van der Waals surface area contributed by atoms with Crippen LogP contribution in [0.4, 0.5) is 10.2 Å². The van der Waals surface area contributed by atoms with Gasteiger partial charge in [0.25, 0.3) is 0 Å². The Morgan fingerprint density at radius 1 is 1.38 bits per heavy atom. The van der Waals surface area contributed by atoms with Crippen LogP contribution in [0.15, 0.2) is 12.1 Å². The van der Waals surface area contributed by atoms with Crippen molar-refractivity contribution in [2.75, 3.05) is 10.5 Å². The molecule has 0 fully saturated rings. The number of fused-ring (bicyclic) bond motifs is 3. The molecule has 0 spiro atoms. The third-order valence-electron chi connectivity index (χ3n) is 2.71. The summed E-state index contributed by atoms with van der Waals surface area (Å²) < 4.78 is 17.2. The van der Waals surface area contributed by atoms with Crippen LogP contribution in [0, 0.1) is 5.82 Å². The predicted molar refractivity (Wildman–Crippen MR) is 65.6 cm³/mol. The second kappa shape index (κ2) is 3.60. The Hall–Kier alpha value is -0.810. The SMILES string of the molecule is Fc1cc2c3n(nc2cc1Cl)CCCN3Br. The van der Waals surface area contributed by atoms with Gasteiger partial charge in [0.1, 0.15) is 11.6 Å². The Bertz CT molecular complexity index is 569. The highest BCUT2D eigenvalue weighted by molar-refractivity contribution is 9.10. The quantitative estimate of drug-likeness (QED) is 0.696. The zero-order chi connectivity index (χ0) is 11.3. The number of hydrogen-bond donors (Lipinski definition) is 0. The summed E-state index contributed by atoms with van der Waals surface area (Å²) >= 11 is 9.19. The van der Waals surface area contributed by atoms with Crippen LogP contribution in [0.1, 0.15) is 6.42 Å². The molecule has 6 heteroatoms. The molecule has 0 bridgehead atoms. The van der Waals surface area contributed by atoms with Gasteiger partial charge in [-0.25, -0.2) is 9.07 Å². The first-order valence-electron chi connectivity index (χ1n) is 4.95. The van der Waals surface area contributed by atoms with Gasteiger partial charge in [-0.15, -0.1) is 0 Å². The van der Waals surface area contributed by atoms with E-state index in [1.807, 2.05) is 8.61 Å². The van der Waals surface area contributed by atoms with Crippen LogP contribution in [0.2, 0.25) is 5.02 Å². The van der Waals surface area contributed by atoms with Gasteiger partial charge in [-0.2, -0.15) is 5.10 Å². The molecule has 3 rings (SSSR count). The van der Waals surface area contributed by atoms with Crippen molar-refractivity contribution in [3.63, 3.8) is 0 Å². The highest BCUT2D eigenvalue weighted by atomic mass is 79.9. The monoisotopic (exact) mass is 303 g/mol. The number of rotatable bonds is 0. The van der Waals surface area contributed by atoms with Gasteiger partial charge in [0, 0.05) is 18.5 Å². The smallest absolute Gasteiger partial charge is 0.144 e. The molecule has 0 saturated carbocycles. The molecule has 3 nitrogen and oxygen atoms in total. The molecule has 84 valence electrons. The average Bonchev–Trinajstić information content (AvgIpc) is 2.58. The molecule has 1 aromatic heterocycles. The van der Waals surface area contributed by atoms with Crippen molar-refractivity contribution in [3.8, 4) is 0 Å². The van der Waals surface area contributed by atoms with Crippen molar-refractivity contribution in [1.29, 1.82) is 0 Å². The summed E-state index contributed by atoms with van der Waals surface area (Å²) in [5.41, 5.74) is 0.729. The van der Waals surface area contributed by atoms with E-state index in [4.69, 9.17) is 11.6 Å². The van der Waals surface area contributed by atoms with Crippen molar-refractivity contribution < 1.29 is 4.39 Å². The van der Waals surface area contributed by atoms with Crippen LogP contribution in [0.3, 0.4) is 0 Å². The summed E-state index contributed by atoms with van der Waals surface area (Å²) in [5, 5.41) is 5.30. The van der Waals surface area contributed by atoms with E-state index in [9.17, 15) is 4.39 Å². The van der Waals surface area contributed by atoms with E-state index in [-0.39, 0.29) is 5.02 Å². The van der Waals surface area contributed by atoms with Crippen LogP contribution in [-0.2, 0) is 6.54 Å². The van der Waals surface area contributed by atoms with Crippen LogP contribution >= 0.6 is 27.7 Å². The molecular weight excluding hydrogens is 296 g/mol. The fourth-order valence-corrected chi connectivity index (χ4v) is 2.77. The second-order valence-electron chi connectivity index (χ2n) is 3.77. The fraction of sp³-hybridized carbons (Fsp3) is 0.300. The number of benzene rings is 1. The van der Waals surface area contributed by atoms with Crippen LogP contribution < -0.4 is 3.93 Å². The first kappa shape index (κ1) is 10.4. The van der Waals surface area contributed by atoms with Gasteiger partial charge in [-0.3, -0.25) is 3.93 Å². The van der Waals surface area contributed by atoms with Gasteiger partial charge in [-0.1, -0.05) is 11.6 Å². The molecule has 0 N–H and O–H groups in total. The molecule has 0 amide bonds. The number of hydrogen-bond acceptors (Lipinski definition) is 2. The van der Waals surface area contributed by atoms with E-state index >= 15 is 0 Å². The zero-order valence-corrected chi connectivity index (χ0v) is 10.6. The van der Waals surface area contributed by atoms with Crippen LogP contribution in [0.5, 0.6) is 0 Å². The average molecular weight is 305 g/mol. The lowest BCUT2D eigenvalue weighted by molar-refractivity contribution is 0.559. The number of nitrogens with zero attached hydrogens (tertiary/aromatic N) is 3. The summed E-state index contributed by atoms with van der Waals surface area (Å²) in [6, 6.07) is 3.01. The highest BCUT2D eigenvalue weighted by Crippen LogP contribution is 2.34. The molecule has 0 saturated heterocycles. The lowest BCUT2D eigenvalue weighted by Gasteiger charge is -2.23. The highest BCUT2D eigenvalue weighted by Gasteiger charge is 2.21. The minimum absolute atomic E-state index is 0.115. The minimum Gasteiger partial charge on any atom is -0.293 e. The molecule has 1 aromatic carbocycles. The van der Waals surface area contributed by atoms with Crippen molar-refractivity contribution in [2.45, 2.75) is 13.0 Å². The van der Waals surface area contributed by atoms with Crippen LogP contribution in [-0.4, -0.2) is 16.3 Å². The minimum atomic E-state index is -0.406. The van der Waals surface area contributed by atoms with E-state index in [0.717, 1.165) is 36.2 Å². The van der Waals surface area contributed by atoms with Gasteiger partial charge in [-0.05, 0) is 18.6 Å².